The third kappa shape index (κ3) is 4.57. The van der Waals surface area contributed by atoms with Crippen LogP contribution in [-0.4, -0.2) is 45.5 Å². The monoisotopic (exact) mass is 290 g/mol. The topological polar surface area (TPSA) is 89.3 Å². The van der Waals surface area contributed by atoms with Gasteiger partial charge in [-0.05, 0) is 12.1 Å². The molecule has 1 aromatic heterocycles. The van der Waals surface area contributed by atoms with Crippen molar-refractivity contribution < 1.29 is 14.6 Å². The lowest BCUT2D eigenvalue weighted by Gasteiger charge is -2.09. The number of carboxylic acids is 1. The smallest absolute Gasteiger partial charge is 0.339 e. The van der Waals surface area contributed by atoms with Gasteiger partial charge in [0.15, 0.2) is 5.82 Å². The first-order valence-corrected chi connectivity index (χ1v) is 6.67. The summed E-state index contributed by atoms with van der Waals surface area (Å²) in [5, 5.41) is 16.4. The number of para-hydroxylation sites is 1. The Hall–Kier alpha value is -2.41. The highest BCUT2D eigenvalue weighted by atomic mass is 16.5. The second-order valence-corrected chi connectivity index (χ2v) is 4.48. The Balaban J connectivity index is 1.67. The van der Waals surface area contributed by atoms with E-state index in [-0.39, 0.29) is 5.56 Å². The van der Waals surface area contributed by atoms with Gasteiger partial charge in [0.1, 0.15) is 24.2 Å². The quantitative estimate of drug-likeness (QED) is 0.697. The molecule has 0 bridgehead atoms. The van der Waals surface area contributed by atoms with Crippen LogP contribution in [0, 0.1) is 0 Å². The van der Waals surface area contributed by atoms with Gasteiger partial charge >= 0.3 is 5.97 Å². The highest BCUT2D eigenvalue weighted by Crippen LogP contribution is 2.17. The van der Waals surface area contributed by atoms with E-state index < -0.39 is 5.97 Å². The molecule has 7 nitrogen and oxygen atoms in total. The summed E-state index contributed by atoms with van der Waals surface area (Å²) in [6.07, 6.45) is 2.41. The van der Waals surface area contributed by atoms with Crippen molar-refractivity contribution in [3.05, 3.63) is 42.0 Å². The molecule has 0 aliphatic carbocycles. The van der Waals surface area contributed by atoms with Gasteiger partial charge in [-0.25, -0.2) is 9.78 Å². The van der Waals surface area contributed by atoms with E-state index in [1.165, 1.54) is 6.07 Å². The number of hydrogen-bond acceptors (Lipinski definition) is 5. The number of ether oxygens (including phenoxy) is 1. The molecule has 2 aromatic rings. The average Bonchev–Trinajstić information content (AvgIpc) is 2.88. The van der Waals surface area contributed by atoms with E-state index in [9.17, 15) is 4.79 Å². The zero-order valence-corrected chi connectivity index (χ0v) is 11.8. The molecule has 2 rings (SSSR count). The number of aromatic carboxylic acids is 1. The van der Waals surface area contributed by atoms with Crippen LogP contribution in [0.2, 0.25) is 0 Å². The molecule has 0 spiro atoms. The molecule has 1 aromatic carbocycles. The predicted molar refractivity (Wildman–Crippen MR) is 76.5 cm³/mol. The second kappa shape index (κ2) is 7.39. The minimum absolute atomic E-state index is 0.176. The van der Waals surface area contributed by atoms with Gasteiger partial charge in [-0.2, -0.15) is 5.10 Å². The van der Waals surface area contributed by atoms with Crippen molar-refractivity contribution in [2.24, 2.45) is 7.05 Å². The fraction of sp³-hybridized carbons (Fsp3) is 0.357. The number of benzene rings is 1. The summed E-state index contributed by atoms with van der Waals surface area (Å²) in [7, 11) is 1.83. The van der Waals surface area contributed by atoms with E-state index in [0.29, 0.717) is 18.9 Å². The summed E-state index contributed by atoms with van der Waals surface area (Å²) < 4.78 is 7.14. The fourth-order valence-electron chi connectivity index (χ4n) is 1.83. The summed E-state index contributed by atoms with van der Waals surface area (Å²) in [5.41, 5.74) is 0.176. The number of rotatable bonds is 8. The van der Waals surface area contributed by atoms with Crippen molar-refractivity contribution in [1.82, 2.24) is 20.1 Å². The van der Waals surface area contributed by atoms with Crippen LogP contribution in [0.25, 0.3) is 0 Å². The number of hydrogen-bond donors (Lipinski definition) is 2. The molecule has 112 valence electrons. The highest BCUT2D eigenvalue weighted by molar-refractivity contribution is 5.90. The molecule has 0 saturated heterocycles. The van der Waals surface area contributed by atoms with Crippen LogP contribution in [0.3, 0.4) is 0 Å². The molecule has 7 heteroatoms. The third-order valence-electron chi connectivity index (χ3n) is 2.83. The second-order valence-electron chi connectivity index (χ2n) is 4.48. The van der Waals surface area contributed by atoms with E-state index in [1.54, 1.807) is 29.2 Å². The molecular weight excluding hydrogens is 272 g/mol. The number of carboxylic acid groups (broad SMARTS) is 1. The van der Waals surface area contributed by atoms with Crippen molar-refractivity contribution in [3.63, 3.8) is 0 Å². The number of nitrogens with one attached hydrogen (secondary N) is 1. The SMILES string of the molecule is Cn1cnc(CCNCCOc2ccccc2C(=O)O)n1. The predicted octanol–water partition coefficient (Wildman–Crippen LogP) is 0.724. The van der Waals surface area contributed by atoms with Crippen molar-refractivity contribution in [2.45, 2.75) is 6.42 Å². The third-order valence-corrected chi connectivity index (χ3v) is 2.83. The maximum absolute atomic E-state index is 11.0. The molecule has 2 N–H and O–H groups in total. The van der Waals surface area contributed by atoms with Gasteiger partial charge in [-0.1, -0.05) is 12.1 Å². The maximum atomic E-state index is 11.0. The van der Waals surface area contributed by atoms with Crippen LogP contribution in [0.15, 0.2) is 30.6 Å². The lowest BCUT2D eigenvalue weighted by Crippen LogP contribution is -2.24. The Morgan fingerprint density at radius 2 is 2.19 bits per heavy atom. The molecule has 1 heterocycles. The first-order chi connectivity index (χ1) is 10.2. The van der Waals surface area contributed by atoms with Crippen molar-refractivity contribution >= 4 is 5.97 Å². The first kappa shape index (κ1) is 15.0. The van der Waals surface area contributed by atoms with Crippen LogP contribution < -0.4 is 10.1 Å². The normalized spacial score (nSPS) is 10.5. The lowest BCUT2D eigenvalue weighted by molar-refractivity contribution is 0.0692. The van der Waals surface area contributed by atoms with E-state index in [0.717, 1.165) is 18.8 Å². The first-order valence-electron chi connectivity index (χ1n) is 6.67. The Morgan fingerprint density at radius 1 is 1.38 bits per heavy atom. The lowest BCUT2D eigenvalue weighted by atomic mass is 10.2. The number of aromatic nitrogens is 3. The molecular formula is C14H18N4O3. The number of carbonyl (C=O) groups is 1. The Morgan fingerprint density at radius 3 is 2.90 bits per heavy atom. The molecule has 21 heavy (non-hydrogen) atoms. The van der Waals surface area contributed by atoms with Gasteiger partial charge < -0.3 is 15.2 Å². The van der Waals surface area contributed by atoms with Gasteiger partial charge in [0.25, 0.3) is 0 Å². The Bertz CT molecular complexity index is 597. The van der Waals surface area contributed by atoms with Gasteiger partial charge in [0, 0.05) is 26.6 Å². The molecule has 0 radical (unpaired) electrons. The number of aryl methyl sites for hydroxylation is 1. The van der Waals surface area contributed by atoms with Gasteiger partial charge in [0.2, 0.25) is 0 Å². The van der Waals surface area contributed by atoms with Gasteiger partial charge in [0.05, 0.1) is 0 Å². The molecule has 0 aliphatic heterocycles. The summed E-state index contributed by atoms with van der Waals surface area (Å²) in [6.45, 7) is 1.77. The van der Waals surface area contributed by atoms with E-state index in [4.69, 9.17) is 9.84 Å². The Kier molecular flexibility index (Phi) is 5.28. The molecule has 0 aliphatic rings. The molecule has 0 atom stereocenters. The molecule has 0 unspecified atom stereocenters. The summed E-state index contributed by atoms with van der Waals surface area (Å²) in [6, 6.07) is 6.61. The summed E-state index contributed by atoms with van der Waals surface area (Å²) >= 11 is 0. The zero-order chi connectivity index (χ0) is 15.1. The van der Waals surface area contributed by atoms with Gasteiger partial charge in [-0.3, -0.25) is 4.68 Å². The fourth-order valence-corrected chi connectivity index (χ4v) is 1.83. The van der Waals surface area contributed by atoms with Crippen LogP contribution >= 0.6 is 0 Å². The van der Waals surface area contributed by atoms with Crippen LogP contribution in [0.4, 0.5) is 0 Å². The maximum Gasteiger partial charge on any atom is 0.339 e. The largest absolute Gasteiger partial charge is 0.491 e. The molecule has 0 amide bonds. The summed E-state index contributed by atoms with van der Waals surface area (Å²) in [5.74, 6) is 0.195. The van der Waals surface area contributed by atoms with Crippen LogP contribution in [0.5, 0.6) is 5.75 Å². The van der Waals surface area contributed by atoms with Crippen molar-refractivity contribution in [2.75, 3.05) is 19.7 Å². The van der Waals surface area contributed by atoms with Crippen LogP contribution in [0.1, 0.15) is 16.2 Å². The van der Waals surface area contributed by atoms with Crippen molar-refractivity contribution in [1.29, 1.82) is 0 Å². The van der Waals surface area contributed by atoms with Crippen molar-refractivity contribution in [3.8, 4) is 5.75 Å². The van der Waals surface area contributed by atoms with E-state index >= 15 is 0 Å². The zero-order valence-electron chi connectivity index (χ0n) is 11.8. The van der Waals surface area contributed by atoms with E-state index in [2.05, 4.69) is 15.4 Å². The highest BCUT2D eigenvalue weighted by Gasteiger charge is 2.09. The molecule has 0 saturated carbocycles. The number of nitrogens with zero attached hydrogens (tertiary/aromatic N) is 3. The standard InChI is InChI=1S/C14H18N4O3/c1-18-10-16-13(17-18)6-7-15-8-9-21-12-5-3-2-4-11(12)14(19)20/h2-5,10,15H,6-9H2,1H3,(H,19,20). The van der Waals surface area contributed by atoms with Crippen LogP contribution in [-0.2, 0) is 13.5 Å². The average molecular weight is 290 g/mol. The Labute approximate surface area is 122 Å². The van der Waals surface area contributed by atoms with Gasteiger partial charge in [-0.15, -0.1) is 0 Å². The molecule has 0 fully saturated rings. The summed E-state index contributed by atoms with van der Waals surface area (Å²) in [4.78, 5) is 15.1. The minimum atomic E-state index is -0.986. The van der Waals surface area contributed by atoms with E-state index in [1.807, 2.05) is 7.05 Å². The minimum Gasteiger partial charge on any atom is -0.491 e.